The van der Waals surface area contributed by atoms with Crippen molar-refractivity contribution in [1.82, 2.24) is 29.8 Å². The van der Waals surface area contributed by atoms with Crippen LogP contribution in [0.1, 0.15) is 12.6 Å². The van der Waals surface area contributed by atoms with E-state index in [0.717, 1.165) is 72.5 Å². The van der Waals surface area contributed by atoms with Gasteiger partial charge in [-0.05, 0) is 36.8 Å². The molecule has 1 aliphatic heterocycles. The van der Waals surface area contributed by atoms with Gasteiger partial charge >= 0.3 is 0 Å². The average Bonchev–Trinajstić information content (AvgIpc) is 3.32. The van der Waals surface area contributed by atoms with Crippen LogP contribution in [0.2, 0.25) is 0 Å². The molecule has 0 atom stereocenters. The van der Waals surface area contributed by atoms with Gasteiger partial charge in [-0.15, -0.1) is 10.2 Å². The number of anilines is 2. The molecule has 4 aromatic rings. The van der Waals surface area contributed by atoms with Gasteiger partial charge in [0.1, 0.15) is 24.2 Å². The molecule has 1 aliphatic rings. The molecule has 0 saturated carbocycles. The molecule has 1 aromatic carbocycles. The average molecular weight is 416 g/mol. The summed E-state index contributed by atoms with van der Waals surface area (Å²) in [4.78, 5) is 13.4. The molecule has 1 saturated heterocycles. The highest BCUT2D eigenvalue weighted by molar-refractivity contribution is 5.74. The van der Waals surface area contributed by atoms with Crippen LogP contribution in [0, 0.1) is 0 Å². The molecule has 0 unspecified atom stereocenters. The summed E-state index contributed by atoms with van der Waals surface area (Å²) in [5.41, 5.74) is 4.76. The predicted octanol–water partition coefficient (Wildman–Crippen LogP) is 2.48. The third-order valence-electron chi connectivity index (χ3n) is 5.65. The van der Waals surface area contributed by atoms with Gasteiger partial charge in [-0.2, -0.15) is 9.61 Å². The van der Waals surface area contributed by atoms with Gasteiger partial charge in [0.05, 0.1) is 18.5 Å². The van der Waals surface area contributed by atoms with Crippen molar-refractivity contribution in [3.05, 3.63) is 54.7 Å². The van der Waals surface area contributed by atoms with E-state index in [4.69, 9.17) is 9.84 Å². The van der Waals surface area contributed by atoms with E-state index in [-0.39, 0.29) is 0 Å². The summed E-state index contributed by atoms with van der Waals surface area (Å²) in [6.45, 7) is 5.58. The first-order valence-corrected chi connectivity index (χ1v) is 10.4. The first-order valence-electron chi connectivity index (χ1n) is 10.4. The highest BCUT2D eigenvalue weighted by Crippen LogP contribution is 2.28. The third kappa shape index (κ3) is 3.74. The fourth-order valence-corrected chi connectivity index (χ4v) is 3.87. The van der Waals surface area contributed by atoms with Crippen molar-refractivity contribution in [2.75, 3.05) is 43.1 Å². The summed E-state index contributed by atoms with van der Waals surface area (Å²) in [7, 11) is 1.67. The van der Waals surface area contributed by atoms with Crippen molar-refractivity contribution in [2.45, 2.75) is 13.3 Å². The number of rotatable bonds is 5. The molecule has 0 N–H and O–H groups in total. The number of aryl methyl sites for hydroxylation is 1. The lowest BCUT2D eigenvalue weighted by Crippen LogP contribution is -2.47. The minimum absolute atomic E-state index is 0.765. The second-order valence-corrected chi connectivity index (χ2v) is 7.44. The quantitative estimate of drug-likeness (QED) is 0.491. The molecular formula is C22H24N8O. The molecule has 0 radical (unpaired) electrons. The Bertz CT molecular complexity index is 1180. The highest BCUT2D eigenvalue weighted by atomic mass is 16.5. The number of fused-ring (bicyclic) bond motifs is 1. The molecule has 5 rings (SSSR count). The minimum atomic E-state index is 0.765. The number of ether oxygens (including phenoxy) is 1. The van der Waals surface area contributed by atoms with Gasteiger partial charge in [-0.3, -0.25) is 0 Å². The van der Waals surface area contributed by atoms with Crippen molar-refractivity contribution in [2.24, 2.45) is 0 Å². The van der Waals surface area contributed by atoms with Crippen LogP contribution >= 0.6 is 0 Å². The molecule has 9 heteroatoms. The number of piperazine rings is 1. The van der Waals surface area contributed by atoms with E-state index in [1.54, 1.807) is 24.3 Å². The molecule has 0 aliphatic carbocycles. The minimum Gasteiger partial charge on any atom is -0.497 e. The first kappa shape index (κ1) is 19.2. The van der Waals surface area contributed by atoms with E-state index in [0.29, 0.717) is 0 Å². The Morgan fingerprint density at radius 1 is 0.968 bits per heavy atom. The smallest absolute Gasteiger partial charge is 0.200 e. The number of hydrogen-bond donors (Lipinski definition) is 0. The standard InChI is InChI=1S/C22H24N8O/c1-3-17-12-21(24-14-23-17)29-10-8-28(9-11-29)20-13-19(27-30-15-25-26-22(20)30)16-4-6-18(31-2)7-5-16/h4-7,12-15H,3,8-11H2,1-2H3. The summed E-state index contributed by atoms with van der Waals surface area (Å²) < 4.78 is 7.02. The van der Waals surface area contributed by atoms with Gasteiger partial charge in [0, 0.05) is 43.5 Å². The Morgan fingerprint density at radius 2 is 1.74 bits per heavy atom. The zero-order valence-corrected chi connectivity index (χ0v) is 17.6. The number of nitrogens with zero attached hydrogens (tertiary/aromatic N) is 8. The van der Waals surface area contributed by atoms with E-state index in [9.17, 15) is 0 Å². The van der Waals surface area contributed by atoms with Gasteiger partial charge in [0.2, 0.25) is 5.65 Å². The van der Waals surface area contributed by atoms with Crippen molar-refractivity contribution in [1.29, 1.82) is 0 Å². The van der Waals surface area contributed by atoms with Crippen molar-refractivity contribution in [3.63, 3.8) is 0 Å². The summed E-state index contributed by atoms with van der Waals surface area (Å²) in [5.74, 6) is 1.81. The van der Waals surface area contributed by atoms with Crippen LogP contribution in [-0.2, 0) is 6.42 Å². The van der Waals surface area contributed by atoms with Crippen LogP contribution in [0.4, 0.5) is 11.5 Å². The Morgan fingerprint density at radius 3 is 2.48 bits per heavy atom. The molecule has 0 spiro atoms. The van der Waals surface area contributed by atoms with Crippen molar-refractivity contribution < 1.29 is 4.74 Å². The van der Waals surface area contributed by atoms with Crippen LogP contribution in [0.15, 0.2) is 49.1 Å². The zero-order chi connectivity index (χ0) is 21.2. The lowest BCUT2D eigenvalue weighted by atomic mass is 10.1. The van der Waals surface area contributed by atoms with Gasteiger partial charge in [-0.25, -0.2) is 9.97 Å². The van der Waals surface area contributed by atoms with E-state index >= 15 is 0 Å². The van der Waals surface area contributed by atoms with Crippen LogP contribution in [0.3, 0.4) is 0 Å². The Hall–Kier alpha value is -3.75. The first-order chi connectivity index (χ1) is 15.2. The van der Waals surface area contributed by atoms with Crippen LogP contribution in [-0.4, -0.2) is 63.1 Å². The molecule has 9 nitrogen and oxygen atoms in total. The summed E-state index contributed by atoms with van der Waals surface area (Å²) in [6.07, 6.45) is 4.21. The molecular weight excluding hydrogens is 392 g/mol. The van der Waals surface area contributed by atoms with Gasteiger partial charge in [0.15, 0.2) is 0 Å². The van der Waals surface area contributed by atoms with Gasteiger partial charge < -0.3 is 14.5 Å². The number of aromatic nitrogens is 6. The molecule has 158 valence electrons. The Balaban J connectivity index is 1.41. The Kier molecular flexibility index (Phi) is 5.07. The second kappa shape index (κ2) is 8.17. The van der Waals surface area contributed by atoms with Crippen molar-refractivity contribution >= 4 is 17.2 Å². The zero-order valence-electron chi connectivity index (χ0n) is 17.6. The topological polar surface area (TPSA) is 84.6 Å². The summed E-state index contributed by atoms with van der Waals surface area (Å²) >= 11 is 0. The van der Waals surface area contributed by atoms with Crippen LogP contribution < -0.4 is 14.5 Å². The maximum absolute atomic E-state index is 5.28. The van der Waals surface area contributed by atoms with Crippen LogP contribution in [0.25, 0.3) is 16.9 Å². The number of benzene rings is 1. The summed E-state index contributed by atoms with van der Waals surface area (Å²) in [5, 5.41) is 13.1. The molecule has 1 fully saturated rings. The summed E-state index contributed by atoms with van der Waals surface area (Å²) in [6, 6.07) is 12.1. The monoisotopic (exact) mass is 416 g/mol. The van der Waals surface area contributed by atoms with Gasteiger partial charge in [0.25, 0.3) is 0 Å². The SMILES string of the molecule is CCc1cc(N2CCN(c3cc(-c4ccc(OC)cc4)nn4cnnc34)CC2)ncn1. The maximum Gasteiger partial charge on any atom is 0.200 e. The normalized spacial score (nSPS) is 14.3. The fraction of sp³-hybridized carbons (Fsp3) is 0.318. The van der Waals surface area contributed by atoms with E-state index in [2.05, 4.69) is 49.0 Å². The van der Waals surface area contributed by atoms with E-state index in [1.165, 1.54) is 0 Å². The molecule has 0 bridgehead atoms. The fourth-order valence-electron chi connectivity index (χ4n) is 3.87. The van der Waals surface area contributed by atoms with Crippen molar-refractivity contribution in [3.8, 4) is 17.0 Å². The lowest BCUT2D eigenvalue weighted by molar-refractivity contribution is 0.415. The molecule has 31 heavy (non-hydrogen) atoms. The van der Waals surface area contributed by atoms with E-state index < -0.39 is 0 Å². The second-order valence-electron chi connectivity index (χ2n) is 7.44. The number of methoxy groups -OCH3 is 1. The highest BCUT2D eigenvalue weighted by Gasteiger charge is 2.22. The molecule has 3 aromatic heterocycles. The number of hydrogen-bond acceptors (Lipinski definition) is 8. The lowest BCUT2D eigenvalue weighted by Gasteiger charge is -2.36. The largest absolute Gasteiger partial charge is 0.497 e. The maximum atomic E-state index is 5.28. The molecule has 4 heterocycles. The third-order valence-corrected chi connectivity index (χ3v) is 5.65. The van der Waals surface area contributed by atoms with Gasteiger partial charge in [-0.1, -0.05) is 6.92 Å². The van der Waals surface area contributed by atoms with E-state index in [1.807, 2.05) is 24.3 Å². The molecule has 0 amide bonds. The predicted molar refractivity (Wildman–Crippen MR) is 119 cm³/mol. The Labute approximate surface area is 180 Å². The van der Waals surface area contributed by atoms with Crippen LogP contribution in [0.5, 0.6) is 5.75 Å².